The summed E-state index contributed by atoms with van der Waals surface area (Å²) in [5.41, 5.74) is 1.88. The number of likely N-dealkylation sites (tertiary alicyclic amines) is 1. The van der Waals surface area contributed by atoms with E-state index in [1.165, 1.54) is 0 Å². The van der Waals surface area contributed by atoms with Gasteiger partial charge in [-0.15, -0.1) is 0 Å². The highest BCUT2D eigenvalue weighted by Crippen LogP contribution is 2.27. The summed E-state index contributed by atoms with van der Waals surface area (Å²) in [5.74, 6) is 0.352. The number of hydrogen-bond donors (Lipinski definition) is 1. The molecule has 1 fully saturated rings. The molecule has 3 amide bonds. The predicted octanol–water partition coefficient (Wildman–Crippen LogP) is 3.09. The Morgan fingerprint density at radius 1 is 1.29 bits per heavy atom. The van der Waals surface area contributed by atoms with Crippen LogP contribution >= 0.6 is 0 Å². The number of urea groups is 1. The standard InChI is InChI=1S/C19H23N3O2/c1-13-8-9-15-6-4-5-7-16(15)18(13)20-19(24)22(3)12-14-10-17(23)21(2)11-14/h4-9,14H,10-12H2,1-3H3,(H,20,24)/t14-/m1/s1. The van der Waals surface area contributed by atoms with Crippen LogP contribution in [0, 0.1) is 12.8 Å². The van der Waals surface area contributed by atoms with E-state index in [-0.39, 0.29) is 17.9 Å². The Morgan fingerprint density at radius 2 is 2.04 bits per heavy atom. The molecule has 2 aromatic carbocycles. The third kappa shape index (κ3) is 3.20. The summed E-state index contributed by atoms with van der Waals surface area (Å²) in [7, 11) is 3.58. The van der Waals surface area contributed by atoms with Crippen LogP contribution in [-0.4, -0.2) is 48.9 Å². The topological polar surface area (TPSA) is 52.7 Å². The fourth-order valence-electron chi connectivity index (χ4n) is 3.30. The van der Waals surface area contributed by atoms with E-state index in [1.807, 2.05) is 44.3 Å². The van der Waals surface area contributed by atoms with Crippen LogP contribution in [0.1, 0.15) is 12.0 Å². The molecule has 1 aliphatic heterocycles. The number of fused-ring (bicyclic) bond motifs is 1. The molecule has 2 aromatic rings. The van der Waals surface area contributed by atoms with Crippen molar-refractivity contribution >= 4 is 28.4 Å². The van der Waals surface area contributed by atoms with Crippen molar-refractivity contribution in [3.8, 4) is 0 Å². The summed E-state index contributed by atoms with van der Waals surface area (Å²) in [6, 6.07) is 11.9. The molecule has 1 heterocycles. The lowest BCUT2D eigenvalue weighted by Crippen LogP contribution is -2.36. The van der Waals surface area contributed by atoms with Gasteiger partial charge in [-0.1, -0.05) is 36.4 Å². The summed E-state index contributed by atoms with van der Waals surface area (Å²) in [5, 5.41) is 5.18. The molecule has 0 aliphatic carbocycles. The van der Waals surface area contributed by atoms with Gasteiger partial charge in [0.1, 0.15) is 0 Å². The first-order valence-electron chi connectivity index (χ1n) is 8.20. The summed E-state index contributed by atoms with van der Waals surface area (Å²) in [4.78, 5) is 27.6. The Kier molecular flexibility index (Phi) is 4.42. The molecule has 126 valence electrons. The minimum atomic E-state index is -0.142. The van der Waals surface area contributed by atoms with E-state index in [4.69, 9.17) is 0 Å². The van der Waals surface area contributed by atoms with Gasteiger partial charge in [-0.25, -0.2) is 4.79 Å². The van der Waals surface area contributed by atoms with Gasteiger partial charge in [-0.2, -0.15) is 0 Å². The van der Waals surface area contributed by atoms with Gasteiger partial charge in [-0.3, -0.25) is 4.79 Å². The molecule has 5 heteroatoms. The molecular formula is C19H23N3O2. The average Bonchev–Trinajstić information content (AvgIpc) is 2.87. The lowest BCUT2D eigenvalue weighted by Gasteiger charge is -2.22. The molecular weight excluding hydrogens is 302 g/mol. The summed E-state index contributed by atoms with van der Waals surface area (Å²) >= 11 is 0. The molecule has 0 saturated carbocycles. The Hall–Kier alpha value is -2.56. The SMILES string of the molecule is Cc1ccc2ccccc2c1NC(=O)N(C)C[C@@H]1CC(=O)N(C)C1. The molecule has 1 aliphatic rings. The predicted molar refractivity (Wildman–Crippen MR) is 96.1 cm³/mol. The van der Waals surface area contributed by atoms with Gasteiger partial charge in [0.15, 0.2) is 0 Å². The number of amides is 3. The van der Waals surface area contributed by atoms with Crippen molar-refractivity contribution in [3.05, 3.63) is 42.0 Å². The fourth-order valence-corrected chi connectivity index (χ4v) is 3.30. The van der Waals surface area contributed by atoms with Crippen molar-refractivity contribution in [3.63, 3.8) is 0 Å². The van der Waals surface area contributed by atoms with Gasteiger partial charge in [0.2, 0.25) is 5.91 Å². The van der Waals surface area contributed by atoms with Gasteiger partial charge < -0.3 is 15.1 Å². The van der Waals surface area contributed by atoms with Crippen LogP contribution in [0.3, 0.4) is 0 Å². The Labute approximate surface area is 142 Å². The highest BCUT2D eigenvalue weighted by molar-refractivity contribution is 6.02. The van der Waals surface area contributed by atoms with Crippen molar-refractivity contribution in [1.82, 2.24) is 9.80 Å². The Bertz CT molecular complexity index is 787. The van der Waals surface area contributed by atoms with Crippen LogP contribution in [-0.2, 0) is 4.79 Å². The second-order valence-corrected chi connectivity index (χ2v) is 6.63. The first-order chi connectivity index (χ1) is 11.5. The van der Waals surface area contributed by atoms with E-state index in [0.29, 0.717) is 19.5 Å². The number of anilines is 1. The van der Waals surface area contributed by atoms with Crippen molar-refractivity contribution in [2.45, 2.75) is 13.3 Å². The third-order valence-electron chi connectivity index (χ3n) is 4.67. The largest absolute Gasteiger partial charge is 0.345 e. The summed E-state index contributed by atoms with van der Waals surface area (Å²) < 4.78 is 0. The van der Waals surface area contributed by atoms with Gasteiger partial charge in [-0.05, 0) is 17.9 Å². The van der Waals surface area contributed by atoms with Gasteiger partial charge in [0.05, 0.1) is 5.69 Å². The van der Waals surface area contributed by atoms with Crippen molar-refractivity contribution in [2.75, 3.05) is 32.5 Å². The van der Waals surface area contributed by atoms with Crippen LogP contribution < -0.4 is 5.32 Å². The molecule has 5 nitrogen and oxygen atoms in total. The maximum Gasteiger partial charge on any atom is 0.321 e. The molecule has 0 unspecified atom stereocenters. The highest BCUT2D eigenvalue weighted by Gasteiger charge is 2.28. The zero-order chi connectivity index (χ0) is 17.3. The zero-order valence-corrected chi connectivity index (χ0v) is 14.4. The Balaban J connectivity index is 1.73. The molecule has 3 rings (SSSR count). The number of nitrogens with one attached hydrogen (secondary N) is 1. The fraction of sp³-hybridized carbons (Fsp3) is 0.368. The van der Waals surface area contributed by atoms with Crippen molar-refractivity contribution < 1.29 is 9.59 Å². The highest BCUT2D eigenvalue weighted by atomic mass is 16.2. The smallest absolute Gasteiger partial charge is 0.321 e. The van der Waals surface area contributed by atoms with Crippen LogP contribution in [0.2, 0.25) is 0 Å². The minimum absolute atomic E-state index is 0.142. The maximum atomic E-state index is 12.6. The monoisotopic (exact) mass is 325 g/mol. The molecule has 1 N–H and O–H groups in total. The van der Waals surface area contributed by atoms with Crippen LogP contribution in [0.5, 0.6) is 0 Å². The number of carbonyl (C=O) groups is 2. The van der Waals surface area contributed by atoms with E-state index in [9.17, 15) is 9.59 Å². The second-order valence-electron chi connectivity index (χ2n) is 6.63. The molecule has 24 heavy (non-hydrogen) atoms. The average molecular weight is 325 g/mol. The van der Waals surface area contributed by atoms with Gasteiger partial charge >= 0.3 is 6.03 Å². The molecule has 0 bridgehead atoms. The normalized spacial score (nSPS) is 17.4. The first-order valence-corrected chi connectivity index (χ1v) is 8.20. The zero-order valence-electron chi connectivity index (χ0n) is 14.4. The van der Waals surface area contributed by atoms with E-state index in [2.05, 4.69) is 11.4 Å². The number of rotatable bonds is 3. The van der Waals surface area contributed by atoms with Crippen LogP contribution in [0.15, 0.2) is 36.4 Å². The number of benzene rings is 2. The van der Waals surface area contributed by atoms with E-state index in [0.717, 1.165) is 22.0 Å². The van der Waals surface area contributed by atoms with E-state index in [1.54, 1.807) is 16.8 Å². The summed E-state index contributed by atoms with van der Waals surface area (Å²) in [6.07, 6.45) is 0.515. The lowest BCUT2D eigenvalue weighted by molar-refractivity contribution is -0.126. The molecule has 1 atom stereocenters. The van der Waals surface area contributed by atoms with Crippen LogP contribution in [0.25, 0.3) is 10.8 Å². The van der Waals surface area contributed by atoms with Crippen molar-refractivity contribution in [1.29, 1.82) is 0 Å². The van der Waals surface area contributed by atoms with Crippen molar-refractivity contribution in [2.24, 2.45) is 5.92 Å². The lowest BCUT2D eigenvalue weighted by atomic mass is 10.0. The van der Waals surface area contributed by atoms with Gasteiger partial charge in [0, 0.05) is 44.9 Å². The molecule has 0 radical (unpaired) electrons. The van der Waals surface area contributed by atoms with E-state index < -0.39 is 0 Å². The third-order valence-corrected chi connectivity index (χ3v) is 4.67. The molecule has 1 saturated heterocycles. The van der Waals surface area contributed by atoms with Crippen LogP contribution in [0.4, 0.5) is 10.5 Å². The van der Waals surface area contributed by atoms with E-state index >= 15 is 0 Å². The molecule has 0 spiro atoms. The number of aryl methyl sites for hydroxylation is 1. The molecule has 0 aromatic heterocycles. The van der Waals surface area contributed by atoms with Gasteiger partial charge in [0.25, 0.3) is 0 Å². The quantitative estimate of drug-likeness (QED) is 0.943. The maximum absolute atomic E-state index is 12.6. The Morgan fingerprint density at radius 3 is 2.75 bits per heavy atom. The number of carbonyl (C=O) groups excluding carboxylic acids is 2. The number of hydrogen-bond acceptors (Lipinski definition) is 2. The minimum Gasteiger partial charge on any atom is -0.345 e. The first kappa shape index (κ1) is 16.3. The summed E-state index contributed by atoms with van der Waals surface area (Å²) in [6.45, 7) is 3.28. The second kappa shape index (κ2) is 6.51. The number of nitrogens with zero attached hydrogens (tertiary/aromatic N) is 2.